The average Bonchev–Trinajstić information content (AvgIpc) is 2.92. The van der Waals surface area contributed by atoms with Crippen molar-refractivity contribution in [2.75, 3.05) is 0 Å². The number of cyclic esters (lactones) is 1. The lowest BCUT2D eigenvalue weighted by molar-refractivity contribution is -0.132. The number of halogens is 3. The first-order chi connectivity index (χ1) is 12.3. The fourth-order valence-corrected chi connectivity index (χ4v) is 4.06. The Balaban J connectivity index is 1.96. The molecule has 0 N–H and O–H groups in total. The predicted octanol–water partition coefficient (Wildman–Crippen LogP) is 5.24. The molecule has 132 valence electrons. The first-order valence-corrected chi connectivity index (χ1v) is 9.68. The van der Waals surface area contributed by atoms with Crippen LogP contribution in [-0.2, 0) is 14.3 Å². The van der Waals surface area contributed by atoms with Gasteiger partial charge < -0.3 is 9.47 Å². The molecule has 0 saturated carbocycles. The SMILES string of the molecule is CC(=O)Oc1c(Br)cc(/C=C2\N=C(c3ccccc3Br)OC2=O)cc1Br. The number of hydrogen-bond acceptors (Lipinski definition) is 5. The van der Waals surface area contributed by atoms with Gasteiger partial charge in [-0.25, -0.2) is 9.79 Å². The number of benzene rings is 2. The number of carbonyl (C=O) groups excluding carboxylic acids is 2. The summed E-state index contributed by atoms with van der Waals surface area (Å²) in [6, 6.07) is 10.8. The molecule has 2 aromatic rings. The third kappa shape index (κ3) is 4.13. The molecule has 0 aliphatic carbocycles. The molecule has 26 heavy (non-hydrogen) atoms. The van der Waals surface area contributed by atoms with Crippen LogP contribution in [0.3, 0.4) is 0 Å². The number of hydrogen-bond donors (Lipinski definition) is 0. The third-order valence-corrected chi connectivity index (χ3v) is 5.16. The van der Waals surface area contributed by atoms with Crippen molar-refractivity contribution >= 4 is 71.7 Å². The standard InChI is InChI=1S/C18H10Br3NO4/c1-9(23)25-16-13(20)6-10(7-14(16)21)8-15-18(24)26-17(22-15)11-4-2-3-5-12(11)19/h2-8H,1H3/b15-8-. The minimum Gasteiger partial charge on any atom is -0.424 e. The van der Waals surface area contributed by atoms with Gasteiger partial charge in [0.2, 0.25) is 5.90 Å². The van der Waals surface area contributed by atoms with E-state index in [2.05, 4.69) is 52.8 Å². The number of esters is 2. The van der Waals surface area contributed by atoms with E-state index in [0.717, 1.165) is 4.47 Å². The van der Waals surface area contributed by atoms with E-state index in [9.17, 15) is 9.59 Å². The Bertz CT molecular complexity index is 959. The number of nitrogens with zero attached hydrogens (tertiary/aromatic N) is 1. The van der Waals surface area contributed by atoms with Crippen LogP contribution in [0.1, 0.15) is 18.1 Å². The van der Waals surface area contributed by atoms with Crippen LogP contribution in [0.2, 0.25) is 0 Å². The molecule has 0 fully saturated rings. The summed E-state index contributed by atoms with van der Waals surface area (Å²) in [6.45, 7) is 1.32. The molecule has 1 aliphatic heterocycles. The largest absolute Gasteiger partial charge is 0.424 e. The van der Waals surface area contributed by atoms with Gasteiger partial charge in [-0.1, -0.05) is 12.1 Å². The maximum atomic E-state index is 12.1. The van der Waals surface area contributed by atoms with Gasteiger partial charge in [-0.15, -0.1) is 0 Å². The van der Waals surface area contributed by atoms with Gasteiger partial charge in [0.15, 0.2) is 11.4 Å². The van der Waals surface area contributed by atoms with Gasteiger partial charge in [-0.3, -0.25) is 4.79 Å². The van der Waals surface area contributed by atoms with E-state index in [1.54, 1.807) is 24.3 Å². The van der Waals surface area contributed by atoms with Crippen LogP contribution < -0.4 is 4.74 Å². The number of ether oxygens (including phenoxy) is 2. The summed E-state index contributed by atoms with van der Waals surface area (Å²) in [6.07, 6.45) is 1.60. The molecule has 0 amide bonds. The van der Waals surface area contributed by atoms with Crippen LogP contribution in [-0.4, -0.2) is 17.8 Å². The van der Waals surface area contributed by atoms with Gasteiger partial charge in [-0.2, -0.15) is 0 Å². The number of aliphatic imine (C=N–C) groups is 1. The molecule has 0 bridgehead atoms. The van der Waals surface area contributed by atoms with Crippen molar-refractivity contribution in [1.82, 2.24) is 0 Å². The third-order valence-electron chi connectivity index (χ3n) is 3.29. The van der Waals surface area contributed by atoms with Gasteiger partial charge in [0.05, 0.1) is 14.5 Å². The summed E-state index contributed by atoms with van der Waals surface area (Å²) < 4.78 is 12.3. The molecule has 2 aromatic carbocycles. The summed E-state index contributed by atoms with van der Waals surface area (Å²) in [7, 11) is 0. The van der Waals surface area contributed by atoms with Crippen LogP contribution in [0.4, 0.5) is 0 Å². The second-order valence-electron chi connectivity index (χ2n) is 5.22. The van der Waals surface area contributed by atoms with Crippen LogP contribution in [0, 0.1) is 0 Å². The maximum absolute atomic E-state index is 12.1. The van der Waals surface area contributed by atoms with E-state index >= 15 is 0 Å². The molecule has 8 heteroatoms. The minimum absolute atomic E-state index is 0.176. The molecule has 5 nitrogen and oxygen atoms in total. The molecule has 1 aliphatic rings. The molecule has 3 rings (SSSR count). The van der Waals surface area contributed by atoms with E-state index in [4.69, 9.17) is 9.47 Å². The summed E-state index contributed by atoms with van der Waals surface area (Å²) >= 11 is 10.1. The van der Waals surface area contributed by atoms with Gasteiger partial charge >= 0.3 is 11.9 Å². The smallest absolute Gasteiger partial charge is 0.363 e. The molecule has 0 radical (unpaired) electrons. The monoisotopic (exact) mass is 541 g/mol. The lowest BCUT2D eigenvalue weighted by Gasteiger charge is -2.08. The van der Waals surface area contributed by atoms with E-state index in [1.807, 2.05) is 18.2 Å². The lowest BCUT2D eigenvalue weighted by Crippen LogP contribution is -2.05. The minimum atomic E-state index is -0.535. The summed E-state index contributed by atoms with van der Waals surface area (Å²) in [5, 5.41) is 0. The normalized spacial score (nSPS) is 15.0. The molecule has 0 aromatic heterocycles. The molecular weight excluding hydrogens is 534 g/mol. The zero-order valence-corrected chi connectivity index (χ0v) is 18.0. The highest BCUT2D eigenvalue weighted by Gasteiger charge is 2.25. The quantitative estimate of drug-likeness (QED) is 0.301. The first-order valence-electron chi connectivity index (χ1n) is 7.30. The van der Waals surface area contributed by atoms with Crippen LogP contribution >= 0.6 is 47.8 Å². The van der Waals surface area contributed by atoms with Crippen molar-refractivity contribution in [2.24, 2.45) is 4.99 Å². The van der Waals surface area contributed by atoms with Crippen LogP contribution in [0.15, 0.2) is 60.5 Å². The Kier molecular flexibility index (Phi) is 5.74. The Morgan fingerprint density at radius 3 is 2.38 bits per heavy atom. The summed E-state index contributed by atoms with van der Waals surface area (Å²) in [5.41, 5.74) is 1.55. The average molecular weight is 544 g/mol. The maximum Gasteiger partial charge on any atom is 0.363 e. The fourth-order valence-electron chi connectivity index (χ4n) is 2.22. The fraction of sp³-hybridized carbons (Fsp3) is 0.0556. The first kappa shape index (κ1) is 19.0. The van der Waals surface area contributed by atoms with E-state index in [1.165, 1.54) is 6.92 Å². The predicted molar refractivity (Wildman–Crippen MR) is 108 cm³/mol. The van der Waals surface area contributed by atoms with Crippen molar-refractivity contribution < 1.29 is 19.1 Å². The lowest BCUT2D eigenvalue weighted by atomic mass is 10.2. The highest BCUT2D eigenvalue weighted by atomic mass is 79.9. The van der Waals surface area contributed by atoms with Crippen molar-refractivity contribution in [3.05, 3.63) is 66.6 Å². The topological polar surface area (TPSA) is 65.0 Å². The zero-order chi connectivity index (χ0) is 18.8. The second-order valence-corrected chi connectivity index (χ2v) is 7.79. The van der Waals surface area contributed by atoms with Gasteiger partial charge in [0.25, 0.3) is 0 Å². The number of carbonyl (C=O) groups is 2. The van der Waals surface area contributed by atoms with E-state index in [-0.39, 0.29) is 11.6 Å². The van der Waals surface area contributed by atoms with Crippen molar-refractivity contribution in [2.45, 2.75) is 6.92 Å². The molecule has 0 saturated heterocycles. The second kappa shape index (κ2) is 7.85. The molecule has 0 atom stereocenters. The van der Waals surface area contributed by atoms with Gasteiger partial charge in [0, 0.05) is 11.4 Å². The molecular formula is C18H10Br3NO4. The van der Waals surface area contributed by atoms with Gasteiger partial charge in [-0.05, 0) is 83.7 Å². The zero-order valence-electron chi connectivity index (χ0n) is 13.3. The highest BCUT2D eigenvalue weighted by molar-refractivity contribution is 9.11. The molecule has 0 spiro atoms. The molecule has 1 heterocycles. The Hall–Kier alpha value is -1.77. The number of rotatable bonds is 3. The highest BCUT2D eigenvalue weighted by Crippen LogP contribution is 2.36. The Morgan fingerprint density at radius 2 is 1.77 bits per heavy atom. The van der Waals surface area contributed by atoms with Crippen LogP contribution in [0.5, 0.6) is 5.75 Å². The summed E-state index contributed by atoms with van der Waals surface area (Å²) in [5.74, 6) is -0.360. The van der Waals surface area contributed by atoms with Gasteiger partial charge in [0.1, 0.15) is 0 Å². The van der Waals surface area contributed by atoms with Crippen molar-refractivity contribution in [1.29, 1.82) is 0 Å². The van der Waals surface area contributed by atoms with E-state index < -0.39 is 11.9 Å². The van der Waals surface area contributed by atoms with Crippen LogP contribution in [0.25, 0.3) is 6.08 Å². The van der Waals surface area contributed by atoms with Crippen molar-refractivity contribution in [3.63, 3.8) is 0 Å². The Morgan fingerprint density at radius 1 is 1.12 bits per heavy atom. The van der Waals surface area contributed by atoms with E-state index in [0.29, 0.717) is 25.8 Å². The summed E-state index contributed by atoms with van der Waals surface area (Å²) in [4.78, 5) is 27.6. The Labute approximate surface area is 174 Å². The van der Waals surface area contributed by atoms with Crippen molar-refractivity contribution in [3.8, 4) is 5.75 Å². The molecule has 0 unspecified atom stereocenters.